The molecule has 3 aromatic rings. The molecule has 0 atom stereocenters. The van der Waals surface area contributed by atoms with Crippen molar-refractivity contribution in [2.75, 3.05) is 17.3 Å². The molecule has 0 unspecified atom stereocenters. The molecule has 0 fully saturated rings. The van der Waals surface area contributed by atoms with Gasteiger partial charge >= 0.3 is 0 Å². The van der Waals surface area contributed by atoms with E-state index in [2.05, 4.69) is 31.2 Å². The summed E-state index contributed by atoms with van der Waals surface area (Å²) in [7, 11) is 1.99. The summed E-state index contributed by atoms with van der Waals surface area (Å²) in [6, 6.07) is 19.9. The van der Waals surface area contributed by atoms with Crippen molar-refractivity contribution in [3.8, 4) is 0 Å². The van der Waals surface area contributed by atoms with Gasteiger partial charge in [0.1, 0.15) is 5.82 Å². The third-order valence-electron chi connectivity index (χ3n) is 3.23. The molecule has 110 valence electrons. The van der Waals surface area contributed by atoms with Crippen LogP contribution in [0.5, 0.6) is 0 Å². The monoisotopic (exact) mass is 354 g/mol. The van der Waals surface area contributed by atoms with Gasteiger partial charge in [-0.25, -0.2) is 4.98 Å². The molecule has 1 heterocycles. The number of aromatic nitrogens is 2. The van der Waals surface area contributed by atoms with Gasteiger partial charge in [-0.2, -0.15) is 4.98 Å². The third kappa shape index (κ3) is 3.43. The van der Waals surface area contributed by atoms with Crippen molar-refractivity contribution in [3.63, 3.8) is 0 Å². The molecule has 0 spiro atoms. The van der Waals surface area contributed by atoms with Gasteiger partial charge in [-0.3, -0.25) is 0 Å². The molecule has 0 saturated carbocycles. The van der Waals surface area contributed by atoms with Crippen LogP contribution in [0.4, 0.5) is 23.1 Å². The predicted octanol–water partition coefficient (Wildman–Crippen LogP) is 4.75. The summed E-state index contributed by atoms with van der Waals surface area (Å²) in [6.07, 6.45) is 1.75. The van der Waals surface area contributed by atoms with E-state index in [4.69, 9.17) is 0 Å². The second-order valence-electron chi connectivity index (χ2n) is 4.76. The number of anilines is 4. The first-order valence-electron chi connectivity index (χ1n) is 6.87. The first-order valence-corrected chi connectivity index (χ1v) is 7.66. The molecule has 0 aliphatic heterocycles. The SMILES string of the molecule is CN(c1ccccc1)c1ccnc(Nc2ccc(Br)cc2)n1. The van der Waals surface area contributed by atoms with Gasteiger partial charge in [-0.15, -0.1) is 0 Å². The topological polar surface area (TPSA) is 41.1 Å². The Labute approximate surface area is 138 Å². The molecule has 1 aromatic heterocycles. The second kappa shape index (κ2) is 6.58. The fraction of sp³-hybridized carbons (Fsp3) is 0.0588. The first kappa shape index (κ1) is 14.5. The number of halogens is 1. The average Bonchev–Trinajstić information content (AvgIpc) is 2.57. The van der Waals surface area contributed by atoms with E-state index < -0.39 is 0 Å². The van der Waals surface area contributed by atoms with Crippen LogP contribution in [0.15, 0.2) is 71.3 Å². The summed E-state index contributed by atoms with van der Waals surface area (Å²) in [4.78, 5) is 10.9. The van der Waals surface area contributed by atoms with E-state index in [1.165, 1.54) is 0 Å². The molecule has 3 rings (SSSR count). The highest BCUT2D eigenvalue weighted by molar-refractivity contribution is 9.10. The summed E-state index contributed by atoms with van der Waals surface area (Å²) in [5.41, 5.74) is 2.03. The summed E-state index contributed by atoms with van der Waals surface area (Å²) < 4.78 is 1.04. The van der Waals surface area contributed by atoms with Gasteiger partial charge in [0.2, 0.25) is 5.95 Å². The molecule has 0 aliphatic rings. The van der Waals surface area contributed by atoms with E-state index in [1.807, 2.05) is 72.6 Å². The Bertz CT molecular complexity index is 744. The molecule has 0 amide bonds. The molecule has 5 heteroatoms. The molecule has 4 nitrogen and oxygen atoms in total. The van der Waals surface area contributed by atoms with Gasteiger partial charge in [0.25, 0.3) is 0 Å². The quantitative estimate of drug-likeness (QED) is 0.733. The minimum atomic E-state index is 0.572. The van der Waals surface area contributed by atoms with E-state index >= 15 is 0 Å². The van der Waals surface area contributed by atoms with Crippen LogP contribution in [0.1, 0.15) is 0 Å². The van der Waals surface area contributed by atoms with Crippen molar-refractivity contribution >= 4 is 39.1 Å². The molecule has 0 saturated heterocycles. The smallest absolute Gasteiger partial charge is 0.229 e. The highest BCUT2D eigenvalue weighted by atomic mass is 79.9. The normalized spacial score (nSPS) is 10.3. The zero-order chi connectivity index (χ0) is 15.4. The Hall–Kier alpha value is -2.40. The minimum Gasteiger partial charge on any atom is -0.329 e. The summed E-state index contributed by atoms with van der Waals surface area (Å²) in [6.45, 7) is 0. The number of rotatable bonds is 4. The maximum Gasteiger partial charge on any atom is 0.229 e. The lowest BCUT2D eigenvalue weighted by Gasteiger charge is -2.18. The van der Waals surface area contributed by atoms with Gasteiger partial charge in [0, 0.05) is 29.1 Å². The van der Waals surface area contributed by atoms with Crippen LogP contribution in [0.25, 0.3) is 0 Å². The fourth-order valence-corrected chi connectivity index (χ4v) is 2.31. The zero-order valence-corrected chi connectivity index (χ0v) is 13.7. The van der Waals surface area contributed by atoms with E-state index in [9.17, 15) is 0 Å². The highest BCUT2D eigenvalue weighted by Gasteiger charge is 2.06. The van der Waals surface area contributed by atoms with E-state index in [0.29, 0.717) is 5.95 Å². The number of para-hydroxylation sites is 1. The largest absolute Gasteiger partial charge is 0.329 e. The van der Waals surface area contributed by atoms with E-state index in [0.717, 1.165) is 21.7 Å². The van der Waals surface area contributed by atoms with Crippen molar-refractivity contribution in [1.82, 2.24) is 9.97 Å². The number of nitrogens with zero attached hydrogens (tertiary/aromatic N) is 3. The first-order chi connectivity index (χ1) is 10.7. The Morgan fingerprint density at radius 2 is 1.68 bits per heavy atom. The van der Waals surface area contributed by atoms with Gasteiger partial charge in [-0.05, 0) is 42.5 Å². The zero-order valence-electron chi connectivity index (χ0n) is 12.1. The Balaban J connectivity index is 1.82. The summed E-state index contributed by atoms with van der Waals surface area (Å²) in [5.74, 6) is 1.41. The number of nitrogens with one attached hydrogen (secondary N) is 1. The molecular weight excluding hydrogens is 340 g/mol. The number of hydrogen-bond donors (Lipinski definition) is 1. The van der Waals surface area contributed by atoms with Crippen molar-refractivity contribution in [2.24, 2.45) is 0 Å². The van der Waals surface area contributed by atoms with E-state index in [1.54, 1.807) is 6.20 Å². The summed E-state index contributed by atoms with van der Waals surface area (Å²) >= 11 is 3.42. The minimum absolute atomic E-state index is 0.572. The highest BCUT2D eigenvalue weighted by Crippen LogP contribution is 2.23. The predicted molar refractivity (Wildman–Crippen MR) is 94.0 cm³/mol. The molecule has 0 aliphatic carbocycles. The molecular formula is C17H15BrN4. The van der Waals surface area contributed by atoms with Crippen molar-refractivity contribution in [3.05, 3.63) is 71.3 Å². The van der Waals surface area contributed by atoms with Gasteiger partial charge in [-0.1, -0.05) is 34.1 Å². The fourth-order valence-electron chi connectivity index (χ4n) is 2.04. The average molecular weight is 355 g/mol. The van der Waals surface area contributed by atoms with Crippen LogP contribution in [0, 0.1) is 0 Å². The number of benzene rings is 2. The second-order valence-corrected chi connectivity index (χ2v) is 5.68. The molecule has 22 heavy (non-hydrogen) atoms. The van der Waals surface area contributed by atoms with Gasteiger partial charge in [0.15, 0.2) is 0 Å². The summed E-state index contributed by atoms with van der Waals surface area (Å²) in [5, 5.41) is 3.21. The maximum atomic E-state index is 4.56. The lowest BCUT2D eigenvalue weighted by molar-refractivity contribution is 1.08. The van der Waals surface area contributed by atoms with Crippen molar-refractivity contribution < 1.29 is 0 Å². The van der Waals surface area contributed by atoms with Crippen LogP contribution in [0.3, 0.4) is 0 Å². The van der Waals surface area contributed by atoms with Crippen LogP contribution < -0.4 is 10.2 Å². The van der Waals surface area contributed by atoms with Crippen molar-refractivity contribution in [1.29, 1.82) is 0 Å². The molecule has 1 N–H and O–H groups in total. The third-order valence-corrected chi connectivity index (χ3v) is 3.76. The standard InChI is InChI=1S/C17H15BrN4/c1-22(15-5-3-2-4-6-15)16-11-12-19-17(21-16)20-14-9-7-13(18)8-10-14/h2-12H,1H3,(H,19,20,21). The van der Waals surface area contributed by atoms with Crippen LogP contribution in [-0.4, -0.2) is 17.0 Å². The van der Waals surface area contributed by atoms with Gasteiger partial charge in [0.05, 0.1) is 0 Å². The Morgan fingerprint density at radius 3 is 2.41 bits per heavy atom. The van der Waals surface area contributed by atoms with Crippen LogP contribution >= 0.6 is 15.9 Å². The maximum absolute atomic E-state index is 4.56. The Kier molecular flexibility index (Phi) is 4.34. The van der Waals surface area contributed by atoms with Crippen LogP contribution in [-0.2, 0) is 0 Å². The molecule has 0 radical (unpaired) electrons. The van der Waals surface area contributed by atoms with Crippen LogP contribution in [0.2, 0.25) is 0 Å². The molecule has 2 aromatic carbocycles. The number of hydrogen-bond acceptors (Lipinski definition) is 4. The lowest BCUT2D eigenvalue weighted by Crippen LogP contribution is -2.12. The van der Waals surface area contributed by atoms with Crippen molar-refractivity contribution in [2.45, 2.75) is 0 Å². The van der Waals surface area contributed by atoms with E-state index in [-0.39, 0.29) is 0 Å². The molecule has 0 bridgehead atoms. The Morgan fingerprint density at radius 1 is 0.955 bits per heavy atom. The van der Waals surface area contributed by atoms with Gasteiger partial charge < -0.3 is 10.2 Å². The lowest BCUT2D eigenvalue weighted by atomic mass is 10.3.